The Morgan fingerprint density at radius 2 is 1.88 bits per heavy atom. The molecular formula is C36H43N5O8S. The van der Waals surface area contributed by atoms with Gasteiger partial charge in [0.05, 0.1) is 41.7 Å². The van der Waals surface area contributed by atoms with Crippen molar-refractivity contribution in [3.05, 3.63) is 95.9 Å². The minimum Gasteiger partial charge on any atom is -0.443 e. The van der Waals surface area contributed by atoms with Crippen LogP contribution in [0.15, 0.2) is 84.2 Å². The van der Waals surface area contributed by atoms with Crippen molar-refractivity contribution < 1.29 is 37.3 Å². The van der Waals surface area contributed by atoms with Gasteiger partial charge in [0.2, 0.25) is 10.0 Å². The van der Waals surface area contributed by atoms with Crippen LogP contribution >= 0.6 is 0 Å². The maximum absolute atomic E-state index is 14.3. The molecule has 0 saturated carbocycles. The van der Waals surface area contributed by atoms with Crippen molar-refractivity contribution in [2.75, 3.05) is 31.6 Å². The van der Waals surface area contributed by atoms with Crippen LogP contribution in [0.3, 0.4) is 0 Å². The summed E-state index contributed by atoms with van der Waals surface area (Å²) in [6.45, 7) is 4.77. The quantitative estimate of drug-likeness (QED) is 0.183. The number of carbonyl (C=O) groups is 2. The Morgan fingerprint density at radius 3 is 2.64 bits per heavy atom. The standard InChI is InChI=1S/C36H43N5O8S/c1-23(2)20-41(50(45,46)26-8-9-30-28(17-26)29(34(43)39-30)19-38-18-25-10-13-37-14-11-25)21-32(42)31(16-24-6-4-3-5-7-24)40-36(44)49-33-22-48-35-27(33)12-15-47-35/h3-11,13-14,17,19,23,27,31-33,35,38,42H,12,15-16,18,20-22H2,1-2H3,(H,39,43)(H,40,44). The molecule has 13 nitrogen and oxygen atoms in total. The van der Waals surface area contributed by atoms with Crippen molar-refractivity contribution in [1.82, 2.24) is 19.9 Å². The van der Waals surface area contributed by atoms with Crippen molar-refractivity contribution in [3.63, 3.8) is 0 Å². The number of carbonyl (C=O) groups excluding carboxylic acids is 2. The topological polar surface area (TPSA) is 168 Å². The number of aliphatic hydroxyl groups is 1. The van der Waals surface area contributed by atoms with Crippen LogP contribution in [0.2, 0.25) is 0 Å². The van der Waals surface area contributed by atoms with Crippen molar-refractivity contribution in [3.8, 4) is 0 Å². The molecule has 4 N–H and O–H groups in total. The van der Waals surface area contributed by atoms with Crippen LogP contribution in [0.25, 0.3) is 5.57 Å². The summed E-state index contributed by atoms with van der Waals surface area (Å²) in [5.41, 5.74) is 3.05. The molecule has 1 aromatic heterocycles. The fourth-order valence-electron chi connectivity index (χ4n) is 6.43. The fraction of sp³-hybridized carbons (Fsp3) is 0.417. The molecule has 3 aliphatic rings. The first-order chi connectivity index (χ1) is 24.1. The molecule has 3 aliphatic heterocycles. The SMILES string of the molecule is CC(C)CN(CC(O)C(Cc1ccccc1)NC(=O)OC1COC2OCCC12)S(=O)(=O)c1ccc2c(c1)C(=CNCc1ccncc1)C(=O)N2. The Kier molecular flexibility index (Phi) is 11.1. The highest BCUT2D eigenvalue weighted by Gasteiger charge is 2.44. The Balaban J connectivity index is 1.20. The number of pyridine rings is 1. The molecule has 0 aliphatic carbocycles. The van der Waals surface area contributed by atoms with Gasteiger partial charge in [0.15, 0.2) is 6.29 Å². The van der Waals surface area contributed by atoms with Crippen molar-refractivity contribution in [2.45, 2.75) is 62.7 Å². The zero-order chi connectivity index (χ0) is 35.3. The number of nitrogens with zero attached hydrogens (tertiary/aromatic N) is 2. The second-order valence-corrected chi connectivity index (χ2v) is 15.1. The molecule has 2 amide bonds. The van der Waals surface area contributed by atoms with Gasteiger partial charge in [0.1, 0.15) is 6.10 Å². The molecule has 0 spiro atoms. The second kappa shape index (κ2) is 15.7. The second-order valence-electron chi connectivity index (χ2n) is 13.1. The molecule has 2 aromatic carbocycles. The van der Waals surface area contributed by atoms with Gasteiger partial charge in [-0.3, -0.25) is 9.78 Å². The summed E-state index contributed by atoms with van der Waals surface area (Å²) in [5.74, 6) is -0.500. The normalized spacial score (nSPS) is 21.9. The van der Waals surface area contributed by atoms with Gasteiger partial charge < -0.3 is 35.3 Å². The number of fused-ring (bicyclic) bond motifs is 2. The first-order valence-corrected chi connectivity index (χ1v) is 18.2. The first-order valence-electron chi connectivity index (χ1n) is 16.8. The number of amides is 2. The largest absolute Gasteiger partial charge is 0.443 e. The molecule has 4 heterocycles. The number of nitrogens with one attached hydrogen (secondary N) is 3. The summed E-state index contributed by atoms with van der Waals surface area (Å²) in [6.07, 6.45) is 2.97. The van der Waals surface area contributed by atoms with Gasteiger partial charge in [-0.1, -0.05) is 44.2 Å². The van der Waals surface area contributed by atoms with Crippen LogP contribution in [0.1, 0.15) is 37.0 Å². The third kappa shape index (κ3) is 8.33. The summed E-state index contributed by atoms with van der Waals surface area (Å²) in [7, 11) is -4.18. The zero-order valence-corrected chi connectivity index (χ0v) is 28.8. The van der Waals surface area contributed by atoms with E-state index < -0.39 is 40.7 Å². The maximum atomic E-state index is 14.3. The third-order valence-electron chi connectivity index (χ3n) is 8.98. The predicted molar refractivity (Wildman–Crippen MR) is 185 cm³/mol. The number of alkyl carbamates (subject to hydrolysis) is 1. The van der Waals surface area contributed by atoms with Gasteiger partial charge in [0, 0.05) is 49.5 Å². The Labute approximate surface area is 292 Å². The molecule has 5 unspecified atom stereocenters. The molecule has 0 radical (unpaired) electrons. The average molecular weight is 706 g/mol. The molecule has 0 bridgehead atoms. The highest BCUT2D eigenvalue weighted by Crippen LogP contribution is 2.35. The minimum absolute atomic E-state index is 0.0258. The highest BCUT2D eigenvalue weighted by atomic mass is 32.2. The van der Waals surface area contributed by atoms with Crippen LogP contribution in [0.4, 0.5) is 10.5 Å². The molecule has 3 aromatic rings. The molecule has 5 atom stereocenters. The summed E-state index contributed by atoms with van der Waals surface area (Å²) in [6, 6.07) is 16.6. The van der Waals surface area contributed by atoms with E-state index in [4.69, 9.17) is 14.2 Å². The maximum Gasteiger partial charge on any atom is 0.407 e. The third-order valence-corrected chi connectivity index (χ3v) is 10.8. The Bertz CT molecular complexity index is 1790. The molecule has 2 fully saturated rings. The lowest BCUT2D eigenvalue weighted by molar-refractivity contribution is -0.110. The van der Waals surface area contributed by atoms with Crippen molar-refractivity contribution >= 4 is 33.3 Å². The highest BCUT2D eigenvalue weighted by molar-refractivity contribution is 7.89. The van der Waals surface area contributed by atoms with E-state index in [0.717, 1.165) is 11.1 Å². The number of ether oxygens (including phenoxy) is 3. The van der Waals surface area contributed by atoms with Crippen LogP contribution < -0.4 is 16.0 Å². The van der Waals surface area contributed by atoms with Gasteiger partial charge >= 0.3 is 6.09 Å². The predicted octanol–water partition coefficient (Wildman–Crippen LogP) is 3.27. The van der Waals surface area contributed by atoms with Crippen LogP contribution in [-0.2, 0) is 42.0 Å². The Hall–Kier alpha value is -4.34. The molecule has 14 heteroatoms. The number of rotatable bonds is 14. The van der Waals surface area contributed by atoms with E-state index in [1.807, 2.05) is 56.3 Å². The first kappa shape index (κ1) is 35.5. The van der Waals surface area contributed by atoms with E-state index in [-0.39, 0.29) is 48.8 Å². The van der Waals surface area contributed by atoms with Crippen LogP contribution in [0, 0.1) is 11.8 Å². The lowest BCUT2D eigenvalue weighted by Crippen LogP contribution is -2.51. The van der Waals surface area contributed by atoms with Crippen molar-refractivity contribution in [2.24, 2.45) is 11.8 Å². The van der Waals surface area contributed by atoms with Gasteiger partial charge in [0.25, 0.3) is 5.91 Å². The van der Waals surface area contributed by atoms with Crippen molar-refractivity contribution in [1.29, 1.82) is 0 Å². The molecule has 6 rings (SSSR count). The van der Waals surface area contributed by atoms with Crippen LogP contribution in [-0.4, -0.2) is 85.7 Å². The van der Waals surface area contributed by atoms with E-state index in [2.05, 4.69) is 20.9 Å². The summed E-state index contributed by atoms with van der Waals surface area (Å²) in [5, 5.41) is 20.4. The Morgan fingerprint density at radius 1 is 1.10 bits per heavy atom. The zero-order valence-electron chi connectivity index (χ0n) is 28.0. The van der Waals surface area contributed by atoms with Gasteiger partial charge in [-0.2, -0.15) is 4.31 Å². The number of aromatic nitrogens is 1. The number of sulfonamides is 1. The van der Waals surface area contributed by atoms with E-state index >= 15 is 0 Å². The molecule has 2 saturated heterocycles. The average Bonchev–Trinajstić information content (AvgIpc) is 3.80. The van der Waals surface area contributed by atoms with E-state index in [1.54, 1.807) is 24.7 Å². The minimum atomic E-state index is -4.18. The monoisotopic (exact) mass is 705 g/mol. The van der Waals surface area contributed by atoms with Gasteiger partial charge in [-0.15, -0.1) is 0 Å². The summed E-state index contributed by atoms with van der Waals surface area (Å²) < 4.78 is 46.6. The molecule has 266 valence electrons. The summed E-state index contributed by atoms with van der Waals surface area (Å²) in [4.78, 5) is 30.0. The molecular weight excluding hydrogens is 662 g/mol. The summed E-state index contributed by atoms with van der Waals surface area (Å²) >= 11 is 0. The lowest BCUT2D eigenvalue weighted by Gasteiger charge is -2.31. The van der Waals surface area contributed by atoms with Gasteiger partial charge in [-0.05, 0) is 60.2 Å². The fourth-order valence-corrected chi connectivity index (χ4v) is 8.08. The van der Waals surface area contributed by atoms with E-state index in [0.29, 0.717) is 36.4 Å². The molecule has 50 heavy (non-hydrogen) atoms. The van der Waals surface area contributed by atoms with E-state index in [9.17, 15) is 23.1 Å². The number of hydrogen-bond acceptors (Lipinski definition) is 10. The number of hydrogen-bond donors (Lipinski definition) is 4. The van der Waals surface area contributed by atoms with Gasteiger partial charge in [-0.25, -0.2) is 13.2 Å². The lowest BCUT2D eigenvalue weighted by atomic mass is 10.0. The van der Waals surface area contributed by atoms with E-state index in [1.165, 1.54) is 16.4 Å². The number of benzene rings is 2. The smallest absolute Gasteiger partial charge is 0.407 e. The van der Waals surface area contributed by atoms with Crippen LogP contribution in [0.5, 0.6) is 0 Å². The number of aliphatic hydroxyl groups excluding tert-OH is 1. The number of anilines is 1.